The quantitative estimate of drug-likeness (QED) is 0.897. The van der Waals surface area contributed by atoms with Crippen LogP contribution in [0.5, 0.6) is 17.2 Å². The van der Waals surface area contributed by atoms with Crippen molar-refractivity contribution in [2.24, 2.45) is 0 Å². The van der Waals surface area contributed by atoms with E-state index in [4.69, 9.17) is 21.1 Å². The largest absolute Gasteiger partial charge is 0.508 e. The molecule has 1 atom stereocenters. The molecule has 0 radical (unpaired) electrons. The van der Waals surface area contributed by atoms with Crippen LogP contribution in [-0.2, 0) is 11.2 Å². The lowest BCUT2D eigenvalue weighted by Gasteiger charge is -2.21. The van der Waals surface area contributed by atoms with Crippen molar-refractivity contribution in [3.63, 3.8) is 0 Å². The van der Waals surface area contributed by atoms with Gasteiger partial charge in [-0.05, 0) is 47.9 Å². The summed E-state index contributed by atoms with van der Waals surface area (Å²) in [6.45, 7) is 0.911. The van der Waals surface area contributed by atoms with Crippen LogP contribution < -0.4 is 9.47 Å². The van der Waals surface area contributed by atoms with Gasteiger partial charge in [0.2, 0.25) is 0 Å². The molecule has 1 heterocycles. The van der Waals surface area contributed by atoms with E-state index in [0.29, 0.717) is 40.9 Å². The number of carbonyl (C=O) groups is 1. The second-order valence-corrected chi connectivity index (χ2v) is 5.71. The fourth-order valence-electron chi connectivity index (χ4n) is 2.56. The first kappa shape index (κ1) is 15.5. The van der Waals surface area contributed by atoms with E-state index >= 15 is 0 Å². The smallest absolute Gasteiger partial charge is 0.311 e. The Morgan fingerprint density at radius 1 is 1.13 bits per heavy atom. The van der Waals surface area contributed by atoms with E-state index in [1.165, 1.54) is 6.07 Å². The summed E-state index contributed by atoms with van der Waals surface area (Å²) in [5, 5.41) is 19.9. The zero-order valence-corrected chi connectivity index (χ0v) is 12.9. The number of fused-ring (bicyclic) bond motifs is 1. The third-order valence-electron chi connectivity index (χ3n) is 3.73. The average molecular weight is 335 g/mol. The van der Waals surface area contributed by atoms with Gasteiger partial charge in [-0.2, -0.15) is 0 Å². The molecule has 3 rings (SSSR count). The van der Waals surface area contributed by atoms with Crippen LogP contribution >= 0.6 is 11.6 Å². The highest BCUT2D eigenvalue weighted by Gasteiger charge is 2.24. The van der Waals surface area contributed by atoms with Crippen molar-refractivity contribution < 1.29 is 24.5 Å². The van der Waals surface area contributed by atoms with Gasteiger partial charge in [-0.3, -0.25) is 4.79 Å². The van der Waals surface area contributed by atoms with E-state index in [0.717, 1.165) is 0 Å². The van der Waals surface area contributed by atoms with Crippen molar-refractivity contribution >= 4 is 17.6 Å². The van der Waals surface area contributed by atoms with Gasteiger partial charge in [-0.1, -0.05) is 17.7 Å². The summed E-state index contributed by atoms with van der Waals surface area (Å²) in [4.78, 5) is 11.7. The molecule has 2 aromatic rings. The zero-order valence-electron chi connectivity index (χ0n) is 12.2. The topological polar surface area (TPSA) is 76.0 Å². The van der Waals surface area contributed by atoms with Crippen LogP contribution in [0.25, 0.3) is 0 Å². The SMILES string of the molecule is O=C(O)C(Cc1cc(Cl)ccc1O)c1ccc2c(c1)OCCO2. The molecule has 1 aliphatic rings. The van der Waals surface area contributed by atoms with Crippen molar-refractivity contribution in [1.29, 1.82) is 0 Å². The maximum Gasteiger partial charge on any atom is 0.311 e. The number of halogens is 1. The monoisotopic (exact) mass is 334 g/mol. The van der Waals surface area contributed by atoms with E-state index in [9.17, 15) is 15.0 Å². The predicted octanol–water partition coefficient (Wildman–Crippen LogP) is 3.23. The van der Waals surface area contributed by atoms with Crippen LogP contribution in [0.1, 0.15) is 17.0 Å². The number of aliphatic carboxylic acids is 1. The van der Waals surface area contributed by atoms with Gasteiger partial charge in [0, 0.05) is 5.02 Å². The Balaban J connectivity index is 1.93. The van der Waals surface area contributed by atoms with Crippen molar-refractivity contribution in [3.05, 3.63) is 52.5 Å². The molecule has 0 fully saturated rings. The molecule has 6 heteroatoms. The number of ether oxygens (including phenoxy) is 2. The minimum atomic E-state index is -0.985. The third-order valence-corrected chi connectivity index (χ3v) is 3.97. The summed E-state index contributed by atoms with van der Waals surface area (Å²) in [6.07, 6.45) is 0.126. The highest BCUT2D eigenvalue weighted by atomic mass is 35.5. The molecule has 0 aliphatic carbocycles. The van der Waals surface area contributed by atoms with Crippen molar-refractivity contribution in [1.82, 2.24) is 0 Å². The number of rotatable bonds is 4. The lowest BCUT2D eigenvalue weighted by Crippen LogP contribution is -2.18. The van der Waals surface area contributed by atoms with Crippen molar-refractivity contribution in [2.45, 2.75) is 12.3 Å². The highest BCUT2D eigenvalue weighted by Crippen LogP contribution is 2.35. The van der Waals surface area contributed by atoms with Gasteiger partial charge in [0.1, 0.15) is 19.0 Å². The average Bonchev–Trinajstić information content (AvgIpc) is 2.55. The van der Waals surface area contributed by atoms with Gasteiger partial charge in [0.15, 0.2) is 11.5 Å². The van der Waals surface area contributed by atoms with E-state index < -0.39 is 11.9 Å². The maximum atomic E-state index is 11.7. The Morgan fingerprint density at radius 2 is 1.87 bits per heavy atom. The first-order valence-electron chi connectivity index (χ1n) is 7.14. The second-order valence-electron chi connectivity index (χ2n) is 5.27. The van der Waals surface area contributed by atoms with Gasteiger partial charge < -0.3 is 19.7 Å². The Hall–Kier alpha value is -2.40. The van der Waals surface area contributed by atoms with Crippen molar-refractivity contribution in [2.75, 3.05) is 13.2 Å². The lowest BCUT2D eigenvalue weighted by atomic mass is 9.91. The Kier molecular flexibility index (Phi) is 4.30. The fourth-order valence-corrected chi connectivity index (χ4v) is 2.76. The molecule has 0 spiro atoms. The van der Waals surface area contributed by atoms with Gasteiger partial charge in [-0.15, -0.1) is 0 Å². The molecular weight excluding hydrogens is 320 g/mol. The molecule has 2 N–H and O–H groups in total. The van der Waals surface area contributed by atoms with Crippen LogP contribution in [0, 0.1) is 0 Å². The van der Waals surface area contributed by atoms with Crippen LogP contribution in [0.3, 0.4) is 0 Å². The summed E-state index contributed by atoms with van der Waals surface area (Å²) < 4.78 is 10.9. The van der Waals surface area contributed by atoms with E-state index in [1.54, 1.807) is 30.3 Å². The molecule has 0 saturated carbocycles. The first-order valence-corrected chi connectivity index (χ1v) is 7.52. The molecule has 0 amide bonds. The van der Waals surface area contributed by atoms with Crippen LogP contribution in [0.4, 0.5) is 0 Å². The van der Waals surface area contributed by atoms with Crippen LogP contribution in [0.2, 0.25) is 5.02 Å². The summed E-state index contributed by atoms with van der Waals surface area (Å²) >= 11 is 5.93. The highest BCUT2D eigenvalue weighted by molar-refractivity contribution is 6.30. The number of aromatic hydroxyl groups is 1. The van der Waals surface area contributed by atoms with Crippen molar-refractivity contribution in [3.8, 4) is 17.2 Å². The first-order chi connectivity index (χ1) is 11.0. The molecule has 0 bridgehead atoms. The third kappa shape index (κ3) is 3.35. The summed E-state index contributed by atoms with van der Waals surface area (Å²) in [7, 11) is 0. The number of hydrogen-bond acceptors (Lipinski definition) is 4. The number of carboxylic acid groups (broad SMARTS) is 1. The lowest BCUT2D eigenvalue weighted by molar-refractivity contribution is -0.138. The number of phenolic OH excluding ortho intramolecular Hbond substituents is 1. The second kappa shape index (κ2) is 6.38. The summed E-state index contributed by atoms with van der Waals surface area (Å²) in [5.41, 5.74) is 1.07. The fraction of sp³-hybridized carbons (Fsp3) is 0.235. The van der Waals surface area contributed by atoms with Gasteiger partial charge in [0.05, 0.1) is 5.92 Å². The Morgan fingerprint density at radius 3 is 2.61 bits per heavy atom. The van der Waals surface area contributed by atoms with Crippen LogP contribution in [-0.4, -0.2) is 29.4 Å². The zero-order chi connectivity index (χ0) is 16.4. The number of phenols is 1. The van der Waals surface area contributed by atoms with E-state index in [1.807, 2.05) is 0 Å². The van der Waals surface area contributed by atoms with Crippen LogP contribution in [0.15, 0.2) is 36.4 Å². The number of carboxylic acids is 1. The van der Waals surface area contributed by atoms with Gasteiger partial charge >= 0.3 is 5.97 Å². The summed E-state index contributed by atoms with van der Waals surface area (Å²) in [5.74, 6) is -0.639. The molecule has 23 heavy (non-hydrogen) atoms. The molecule has 1 aliphatic heterocycles. The molecule has 120 valence electrons. The van der Waals surface area contributed by atoms with Gasteiger partial charge in [-0.25, -0.2) is 0 Å². The standard InChI is InChI=1S/C17H15ClO5/c18-12-2-3-14(19)11(7-12)8-13(17(20)21)10-1-4-15-16(9-10)23-6-5-22-15/h1-4,7,9,13,19H,5-6,8H2,(H,20,21). The normalized spacial score (nSPS) is 14.3. The Labute approximate surface area is 138 Å². The number of benzene rings is 2. The molecule has 5 nitrogen and oxygen atoms in total. The molecule has 0 aromatic heterocycles. The van der Waals surface area contributed by atoms with E-state index in [2.05, 4.69) is 0 Å². The maximum absolute atomic E-state index is 11.7. The minimum absolute atomic E-state index is 0.0261. The summed E-state index contributed by atoms with van der Waals surface area (Å²) in [6, 6.07) is 9.67. The minimum Gasteiger partial charge on any atom is -0.508 e. The molecule has 1 unspecified atom stereocenters. The number of hydrogen-bond donors (Lipinski definition) is 2. The Bertz CT molecular complexity index is 744. The predicted molar refractivity (Wildman–Crippen MR) is 84.6 cm³/mol. The van der Waals surface area contributed by atoms with Gasteiger partial charge in [0.25, 0.3) is 0 Å². The molecule has 0 saturated heterocycles. The molecule has 2 aromatic carbocycles. The molecular formula is C17H15ClO5. The van der Waals surface area contributed by atoms with E-state index in [-0.39, 0.29) is 12.2 Å².